The fraction of sp³-hybridized carbons (Fsp3) is 0.400. The summed E-state index contributed by atoms with van der Waals surface area (Å²) in [6, 6.07) is -0.363. The molecule has 0 aliphatic carbocycles. The van der Waals surface area contributed by atoms with Crippen LogP contribution in [0.15, 0.2) is 11.7 Å². The van der Waals surface area contributed by atoms with Gasteiger partial charge in [0.1, 0.15) is 0 Å². The van der Waals surface area contributed by atoms with E-state index in [1.165, 1.54) is 11.3 Å². The molecule has 2 aromatic rings. The summed E-state index contributed by atoms with van der Waals surface area (Å²) in [5.74, 6) is -0.694. The molecule has 9 heteroatoms. The number of hydrogen-bond acceptors (Lipinski definition) is 7. The van der Waals surface area contributed by atoms with Crippen molar-refractivity contribution in [3.63, 3.8) is 0 Å². The predicted octanol–water partition coefficient (Wildman–Crippen LogP) is 1.12. The highest BCUT2D eigenvalue weighted by atomic mass is 32.1. The minimum atomic E-state index is -0.504. The van der Waals surface area contributed by atoms with Crippen molar-refractivity contribution in [2.45, 2.75) is 25.0 Å². The van der Waals surface area contributed by atoms with Gasteiger partial charge in [0.2, 0.25) is 0 Å². The fourth-order valence-corrected chi connectivity index (χ4v) is 3.62. The maximum Gasteiger partial charge on any atom is 0.254 e. The minimum Gasteiger partial charge on any atom is -0.380 e. The van der Waals surface area contributed by atoms with Crippen LogP contribution in [0.5, 0.6) is 0 Å². The molecular weight excluding hydrogens is 333 g/mol. The number of hydrogen-bond donors (Lipinski definition) is 3. The Labute approximate surface area is 141 Å². The maximum atomic E-state index is 14.8. The van der Waals surface area contributed by atoms with Crippen LogP contribution in [0, 0.1) is 5.82 Å². The van der Waals surface area contributed by atoms with Gasteiger partial charge >= 0.3 is 0 Å². The molecule has 24 heavy (non-hydrogen) atoms. The number of fused-ring (bicyclic) bond motifs is 1. The summed E-state index contributed by atoms with van der Waals surface area (Å²) in [5, 5.41) is 5.76. The van der Waals surface area contributed by atoms with Gasteiger partial charge in [-0.05, 0) is 6.42 Å². The molecule has 1 amide bonds. The molecule has 2 aromatic heterocycles. The number of nitrogens with zero attached hydrogens (tertiary/aromatic N) is 2. The molecule has 0 saturated carbocycles. The van der Waals surface area contributed by atoms with Crippen LogP contribution < -0.4 is 16.4 Å². The summed E-state index contributed by atoms with van der Waals surface area (Å²) in [5.41, 5.74) is 8.76. The number of nitrogens with two attached hydrogens (primary N) is 1. The summed E-state index contributed by atoms with van der Waals surface area (Å²) in [7, 11) is 0. The van der Waals surface area contributed by atoms with Crippen molar-refractivity contribution in [1.29, 1.82) is 0 Å². The number of nitrogens with one attached hydrogen (secondary N) is 2. The van der Waals surface area contributed by atoms with Gasteiger partial charge in [-0.3, -0.25) is 9.78 Å². The molecule has 4 rings (SSSR count). The second-order valence-corrected chi connectivity index (χ2v) is 6.69. The minimum absolute atomic E-state index is 0.121. The van der Waals surface area contributed by atoms with E-state index in [0.717, 1.165) is 4.88 Å². The maximum absolute atomic E-state index is 14.8. The molecular formula is C15H16FN5O2S. The smallest absolute Gasteiger partial charge is 0.254 e. The SMILES string of the molecule is NC1COCCC1Nc1nc(-c2cncs2)c2c(c1F)CNC2=O. The van der Waals surface area contributed by atoms with E-state index >= 15 is 0 Å². The van der Waals surface area contributed by atoms with Gasteiger partial charge in [-0.1, -0.05) is 0 Å². The molecule has 0 aromatic carbocycles. The number of carbonyl (C=O) groups is 1. The molecule has 2 aliphatic heterocycles. The quantitative estimate of drug-likeness (QED) is 0.767. The Kier molecular flexibility index (Phi) is 3.91. The molecule has 0 spiro atoms. The number of anilines is 1. The molecule has 2 aliphatic rings. The van der Waals surface area contributed by atoms with Crippen molar-refractivity contribution in [2.24, 2.45) is 5.73 Å². The van der Waals surface area contributed by atoms with Crippen LogP contribution in [-0.2, 0) is 11.3 Å². The Morgan fingerprint density at radius 3 is 3.12 bits per heavy atom. The number of pyridine rings is 1. The average Bonchev–Trinajstić information content (AvgIpc) is 3.23. The second kappa shape index (κ2) is 6.08. The first-order chi connectivity index (χ1) is 11.6. The second-order valence-electron chi connectivity index (χ2n) is 5.80. The summed E-state index contributed by atoms with van der Waals surface area (Å²) >= 11 is 1.36. The number of halogens is 1. The van der Waals surface area contributed by atoms with E-state index in [1.807, 2.05) is 0 Å². The van der Waals surface area contributed by atoms with Crippen LogP contribution in [0.4, 0.5) is 10.2 Å². The summed E-state index contributed by atoms with van der Waals surface area (Å²) < 4.78 is 20.2. The average molecular weight is 349 g/mol. The third kappa shape index (κ3) is 2.54. The van der Waals surface area contributed by atoms with E-state index in [-0.39, 0.29) is 30.4 Å². The topological polar surface area (TPSA) is 102 Å². The monoisotopic (exact) mass is 349 g/mol. The van der Waals surface area contributed by atoms with Crippen molar-refractivity contribution in [3.8, 4) is 10.6 Å². The van der Waals surface area contributed by atoms with Crippen molar-refractivity contribution < 1.29 is 13.9 Å². The lowest BCUT2D eigenvalue weighted by molar-refractivity contribution is 0.0751. The van der Waals surface area contributed by atoms with E-state index in [1.54, 1.807) is 11.7 Å². The molecule has 4 heterocycles. The Bertz CT molecular complexity index is 783. The van der Waals surface area contributed by atoms with E-state index in [0.29, 0.717) is 36.5 Å². The highest BCUT2D eigenvalue weighted by Crippen LogP contribution is 2.34. The van der Waals surface area contributed by atoms with Gasteiger partial charge in [-0.25, -0.2) is 9.37 Å². The van der Waals surface area contributed by atoms with Gasteiger partial charge in [-0.15, -0.1) is 11.3 Å². The first-order valence-corrected chi connectivity index (χ1v) is 8.52. The van der Waals surface area contributed by atoms with Crippen molar-refractivity contribution >= 4 is 23.1 Å². The van der Waals surface area contributed by atoms with Gasteiger partial charge in [0.15, 0.2) is 11.6 Å². The Morgan fingerprint density at radius 2 is 2.38 bits per heavy atom. The van der Waals surface area contributed by atoms with E-state index in [4.69, 9.17) is 10.5 Å². The van der Waals surface area contributed by atoms with Crippen molar-refractivity contribution in [1.82, 2.24) is 15.3 Å². The summed E-state index contributed by atoms with van der Waals surface area (Å²) in [6.45, 7) is 1.15. The number of ether oxygens (including phenoxy) is 1. The van der Waals surface area contributed by atoms with Crippen LogP contribution in [-0.4, -0.2) is 41.2 Å². The third-order valence-electron chi connectivity index (χ3n) is 4.28. The van der Waals surface area contributed by atoms with E-state index in [9.17, 15) is 9.18 Å². The molecule has 0 radical (unpaired) electrons. The Hall–Kier alpha value is -2.10. The third-order valence-corrected chi connectivity index (χ3v) is 5.06. The lowest BCUT2D eigenvalue weighted by Gasteiger charge is -2.30. The van der Waals surface area contributed by atoms with Crippen molar-refractivity contribution in [2.75, 3.05) is 18.5 Å². The highest BCUT2D eigenvalue weighted by molar-refractivity contribution is 7.13. The van der Waals surface area contributed by atoms with E-state index < -0.39 is 5.82 Å². The fourth-order valence-electron chi connectivity index (χ4n) is 3.00. The van der Waals surface area contributed by atoms with Gasteiger partial charge in [0, 0.05) is 37.0 Å². The highest BCUT2D eigenvalue weighted by Gasteiger charge is 2.32. The predicted molar refractivity (Wildman–Crippen MR) is 87.3 cm³/mol. The largest absolute Gasteiger partial charge is 0.380 e. The molecule has 4 N–H and O–H groups in total. The zero-order valence-electron chi connectivity index (χ0n) is 12.7. The first-order valence-electron chi connectivity index (χ1n) is 7.64. The van der Waals surface area contributed by atoms with Gasteiger partial charge in [-0.2, -0.15) is 0 Å². The molecule has 126 valence electrons. The van der Waals surface area contributed by atoms with Crippen LogP contribution in [0.2, 0.25) is 0 Å². The standard InChI is InChI=1S/C15H16FN5O2S/c16-12-7-3-19-15(22)11(7)13(10-4-18-6-24-10)21-14(12)20-9-1-2-23-5-8(9)17/h4,6,8-9H,1-3,5,17H2,(H,19,22)(H,20,21). The zero-order chi connectivity index (χ0) is 16.7. The van der Waals surface area contributed by atoms with Crippen LogP contribution in [0.1, 0.15) is 22.3 Å². The molecule has 1 fully saturated rings. The number of amides is 1. The number of rotatable bonds is 3. The molecule has 0 bridgehead atoms. The van der Waals surface area contributed by atoms with Gasteiger partial charge in [0.05, 0.1) is 28.3 Å². The number of aromatic nitrogens is 2. The van der Waals surface area contributed by atoms with Gasteiger partial charge in [0.25, 0.3) is 5.91 Å². The van der Waals surface area contributed by atoms with Crippen molar-refractivity contribution in [3.05, 3.63) is 28.7 Å². The Balaban J connectivity index is 1.78. The van der Waals surface area contributed by atoms with Gasteiger partial charge < -0.3 is 21.1 Å². The van der Waals surface area contributed by atoms with E-state index in [2.05, 4.69) is 20.6 Å². The molecule has 1 saturated heterocycles. The molecule has 2 atom stereocenters. The molecule has 7 nitrogen and oxygen atoms in total. The zero-order valence-corrected chi connectivity index (χ0v) is 13.5. The van der Waals surface area contributed by atoms with Crippen LogP contribution in [0.25, 0.3) is 10.6 Å². The summed E-state index contributed by atoms with van der Waals surface area (Å²) in [4.78, 5) is 21.2. The lowest BCUT2D eigenvalue weighted by Crippen LogP contribution is -2.48. The van der Waals surface area contributed by atoms with Crippen LogP contribution >= 0.6 is 11.3 Å². The molecule has 2 unspecified atom stereocenters. The Morgan fingerprint density at radius 1 is 1.50 bits per heavy atom. The summed E-state index contributed by atoms with van der Waals surface area (Å²) in [6.07, 6.45) is 2.30. The van der Waals surface area contributed by atoms with Crippen LogP contribution in [0.3, 0.4) is 0 Å². The number of thiazole rings is 1. The lowest BCUT2D eigenvalue weighted by atomic mass is 10.0. The number of carbonyl (C=O) groups excluding carboxylic acids is 1. The normalized spacial score (nSPS) is 23.0. The first kappa shape index (κ1) is 15.4.